The molecule has 0 saturated carbocycles. The van der Waals surface area contributed by atoms with Crippen LogP contribution in [0.2, 0.25) is 0 Å². The van der Waals surface area contributed by atoms with Gasteiger partial charge in [-0.15, -0.1) is 0 Å². The minimum absolute atomic E-state index is 0.194. The zero-order valence-corrected chi connectivity index (χ0v) is 13.2. The van der Waals surface area contributed by atoms with E-state index in [2.05, 4.69) is 43.4 Å². The first-order valence-electron chi connectivity index (χ1n) is 7.21. The third kappa shape index (κ3) is 2.57. The van der Waals surface area contributed by atoms with E-state index in [4.69, 9.17) is 9.47 Å². The van der Waals surface area contributed by atoms with E-state index in [1.165, 1.54) is 11.3 Å². The number of ether oxygens (including phenoxy) is 2. The van der Waals surface area contributed by atoms with Crippen LogP contribution in [0.1, 0.15) is 25.3 Å². The molecule has 4 heteroatoms. The van der Waals surface area contributed by atoms with Crippen LogP contribution in [-0.2, 0) is 5.41 Å². The van der Waals surface area contributed by atoms with Crippen LogP contribution in [-0.4, -0.2) is 46.3 Å². The van der Waals surface area contributed by atoms with Crippen molar-refractivity contribution in [3.63, 3.8) is 0 Å². The van der Waals surface area contributed by atoms with Crippen LogP contribution in [0.5, 0.6) is 11.5 Å². The predicted molar refractivity (Wildman–Crippen MR) is 83.2 cm³/mol. The fraction of sp³-hybridized carbons (Fsp3) is 0.625. The lowest BCUT2D eigenvalue weighted by atomic mass is 9.77. The summed E-state index contributed by atoms with van der Waals surface area (Å²) < 4.78 is 10.8. The normalized spacial score (nSPS) is 20.7. The minimum atomic E-state index is 0.194. The van der Waals surface area contributed by atoms with Crippen LogP contribution in [0, 0.1) is 0 Å². The number of nitrogens with one attached hydrogen (secondary N) is 1. The maximum Gasteiger partial charge on any atom is 0.162 e. The first-order chi connectivity index (χ1) is 9.56. The molecule has 2 rings (SSSR count). The van der Waals surface area contributed by atoms with Gasteiger partial charge in [0.2, 0.25) is 0 Å². The van der Waals surface area contributed by atoms with E-state index in [9.17, 15) is 0 Å². The van der Waals surface area contributed by atoms with Crippen molar-refractivity contribution in [3.05, 3.63) is 17.7 Å². The number of nitrogens with zero attached hydrogens (tertiary/aromatic N) is 1. The first kappa shape index (κ1) is 15.0. The molecule has 1 atom stereocenters. The predicted octanol–water partition coefficient (Wildman–Crippen LogP) is 2.73. The van der Waals surface area contributed by atoms with Gasteiger partial charge in [-0.2, -0.15) is 0 Å². The second kappa shape index (κ2) is 5.92. The summed E-state index contributed by atoms with van der Waals surface area (Å²) in [6.07, 6.45) is 2.27. The van der Waals surface area contributed by atoms with Crippen molar-refractivity contribution in [2.75, 3.05) is 46.7 Å². The average molecular weight is 278 g/mol. The van der Waals surface area contributed by atoms with Gasteiger partial charge in [-0.05, 0) is 45.1 Å². The molecule has 4 nitrogen and oxygen atoms in total. The van der Waals surface area contributed by atoms with E-state index in [1.807, 2.05) is 0 Å². The highest BCUT2D eigenvalue weighted by molar-refractivity contribution is 5.67. The second-order valence-electron chi connectivity index (χ2n) is 5.79. The molecule has 0 radical (unpaired) electrons. The second-order valence-corrected chi connectivity index (χ2v) is 5.79. The Labute approximate surface area is 122 Å². The average Bonchev–Trinajstić information content (AvgIpc) is 2.82. The molecule has 0 aromatic heterocycles. The maximum atomic E-state index is 5.46. The summed E-state index contributed by atoms with van der Waals surface area (Å²) in [7, 11) is 7.63. The summed E-state index contributed by atoms with van der Waals surface area (Å²) in [5.74, 6) is 1.61. The number of benzene rings is 1. The Hall–Kier alpha value is -1.42. The molecule has 1 aromatic rings. The molecule has 20 heavy (non-hydrogen) atoms. The standard InChI is InChI=1S/C16H26N2O2/c1-6-16(7-8-18(2)3)11-17-13-10-15(20-5)14(19-4)9-12(13)16/h9-10,17H,6-8,11H2,1-5H3. The fourth-order valence-electron chi connectivity index (χ4n) is 2.98. The van der Waals surface area contributed by atoms with Gasteiger partial charge >= 0.3 is 0 Å². The van der Waals surface area contributed by atoms with Crippen LogP contribution in [0.3, 0.4) is 0 Å². The minimum Gasteiger partial charge on any atom is -0.493 e. The summed E-state index contributed by atoms with van der Waals surface area (Å²) >= 11 is 0. The molecule has 1 aliphatic heterocycles. The van der Waals surface area contributed by atoms with Gasteiger partial charge in [-0.25, -0.2) is 0 Å². The molecule has 1 aliphatic rings. The van der Waals surface area contributed by atoms with Gasteiger partial charge in [0.1, 0.15) is 0 Å². The smallest absolute Gasteiger partial charge is 0.162 e. The topological polar surface area (TPSA) is 33.7 Å². The number of methoxy groups -OCH3 is 2. The number of hydrogen-bond acceptors (Lipinski definition) is 4. The number of anilines is 1. The Morgan fingerprint density at radius 2 is 1.85 bits per heavy atom. The molecule has 0 saturated heterocycles. The Kier molecular flexibility index (Phi) is 4.43. The van der Waals surface area contributed by atoms with E-state index < -0.39 is 0 Å². The van der Waals surface area contributed by atoms with E-state index in [1.54, 1.807) is 14.2 Å². The Bertz CT molecular complexity index is 474. The molecule has 1 aromatic carbocycles. The van der Waals surface area contributed by atoms with Gasteiger partial charge in [-0.1, -0.05) is 6.92 Å². The van der Waals surface area contributed by atoms with Crippen molar-refractivity contribution in [2.24, 2.45) is 0 Å². The highest BCUT2D eigenvalue weighted by Gasteiger charge is 2.38. The van der Waals surface area contributed by atoms with Crippen molar-refractivity contribution in [1.29, 1.82) is 0 Å². The van der Waals surface area contributed by atoms with Crippen LogP contribution < -0.4 is 14.8 Å². The highest BCUT2D eigenvalue weighted by Crippen LogP contribution is 2.46. The highest BCUT2D eigenvalue weighted by atomic mass is 16.5. The summed E-state index contributed by atoms with van der Waals surface area (Å²) in [6.45, 7) is 4.34. The molecule has 0 bridgehead atoms. The largest absolute Gasteiger partial charge is 0.493 e. The molecular formula is C16H26N2O2. The number of fused-ring (bicyclic) bond motifs is 1. The molecule has 0 aliphatic carbocycles. The van der Waals surface area contributed by atoms with E-state index >= 15 is 0 Å². The lowest BCUT2D eigenvalue weighted by molar-refractivity contribution is 0.319. The SMILES string of the molecule is CCC1(CCN(C)C)CNc2cc(OC)c(OC)cc21. The molecule has 1 heterocycles. The van der Waals surface area contributed by atoms with Crippen LogP contribution in [0.25, 0.3) is 0 Å². The molecular weight excluding hydrogens is 252 g/mol. The fourth-order valence-corrected chi connectivity index (χ4v) is 2.98. The van der Waals surface area contributed by atoms with Crippen molar-refractivity contribution in [3.8, 4) is 11.5 Å². The third-order valence-electron chi connectivity index (χ3n) is 4.43. The van der Waals surface area contributed by atoms with E-state index in [-0.39, 0.29) is 5.41 Å². The summed E-state index contributed by atoms with van der Waals surface area (Å²) in [6, 6.07) is 4.20. The quantitative estimate of drug-likeness (QED) is 0.867. The van der Waals surface area contributed by atoms with Crippen LogP contribution in [0.4, 0.5) is 5.69 Å². The first-order valence-corrected chi connectivity index (χ1v) is 7.21. The van der Waals surface area contributed by atoms with Gasteiger partial charge in [0.25, 0.3) is 0 Å². The van der Waals surface area contributed by atoms with E-state index in [0.29, 0.717) is 0 Å². The lowest BCUT2D eigenvalue weighted by Crippen LogP contribution is -2.32. The summed E-state index contributed by atoms with van der Waals surface area (Å²) in [5, 5.41) is 3.54. The van der Waals surface area contributed by atoms with Gasteiger partial charge in [0.15, 0.2) is 11.5 Å². The molecule has 0 amide bonds. The van der Waals surface area contributed by atoms with Crippen molar-refractivity contribution < 1.29 is 9.47 Å². The Balaban J connectivity index is 2.38. The number of hydrogen-bond donors (Lipinski definition) is 1. The van der Waals surface area contributed by atoms with Crippen molar-refractivity contribution in [1.82, 2.24) is 4.90 Å². The Morgan fingerprint density at radius 3 is 2.40 bits per heavy atom. The zero-order valence-electron chi connectivity index (χ0n) is 13.2. The van der Waals surface area contributed by atoms with Crippen molar-refractivity contribution >= 4 is 5.69 Å². The van der Waals surface area contributed by atoms with Crippen LogP contribution >= 0.6 is 0 Å². The van der Waals surface area contributed by atoms with Crippen LogP contribution in [0.15, 0.2) is 12.1 Å². The number of rotatable bonds is 6. The maximum absolute atomic E-state index is 5.46. The molecule has 112 valence electrons. The van der Waals surface area contributed by atoms with E-state index in [0.717, 1.165) is 37.4 Å². The Morgan fingerprint density at radius 1 is 1.20 bits per heavy atom. The molecule has 1 unspecified atom stereocenters. The molecule has 1 N–H and O–H groups in total. The van der Waals surface area contributed by atoms with Gasteiger partial charge < -0.3 is 19.7 Å². The third-order valence-corrected chi connectivity index (χ3v) is 4.43. The van der Waals surface area contributed by atoms with Gasteiger partial charge in [-0.3, -0.25) is 0 Å². The zero-order chi connectivity index (χ0) is 14.8. The van der Waals surface area contributed by atoms with Gasteiger partial charge in [0, 0.05) is 23.7 Å². The molecule has 0 spiro atoms. The molecule has 0 fully saturated rings. The van der Waals surface area contributed by atoms with Gasteiger partial charge in [0.05, 0.1) is 14.2 Å². The van der Waals surface area contributed by atoms with Crippen molar-refractivity contribution in [2.45, 2.75) is 25.2 Å². The summed E-state index contributed by atoms with van der Waals surface area (Å²) in [5.41, 5.74) is 2.74. The summed E-state index contributed by atoms with van der Waals surface area (Å²) in [4.78, 5) is 2.25. The lowest BCUT2D eigenvalue weighted by Gasteiger charge is -2.29. The monoisotopic (exact) mass is 278 g/mol.